The van der Waals surface area contributed by atoms with Gasteiger partial charge in [-0.1, -0.05) is 37.0 Å². The Morgan fingerprint density at radius 2 is 1.93 bits per heavy atom. The van der Waals surface area contributed by atoms with E-state index in [0.29, 0.717) is 27.8 Å². The fourth-order valence-corrected chi connectivity index (χ4v) is 3.25. The van der Waals surface area contributed by atoms with Crippen LogP contribution in [0.4, 0.5) is 0 Å². The van der Waals surface area contributed by atoms with Crippen LogP contribution in [0, 0.1) is 0 Å². The molecule has 5 nitrogen and oxygen atoms in total. The monoisotopic (exact) mass is 426 g/mol. The van der Waals surface area contributed by atoms with Crippen molar-refractivity contribution in [3.63, 3.8) is 0 Å². The quantitative estimate of drug-likeness (QED) is 0.593. The standard InChI is InChI=1S/C19H20Cl2N4O.ClH/c1-3-14(4-2)24-19(26)12-5-6-18-16(7-12)23-11-25(18)10-17-15(21)8-13(20)9-22-17;/h5-9,11,14H,3-4,10H2,1-2H3,(H,24,26);1H. The molecule has 0 aliphatic heterocycles. The van der Waals surface area contributed by atoms with E-state index in [1.54, 1.807) is 24.7 Å². The molecule has 0 fully saturated rings. The van der Waals surface area contributed by atoms with Gasteiger partial charge in [0.15, 0.2) is 0 Å². The SMILES string of the molecule is CCC(CC)NC(=O)c1ccc2c(c1)ncn2Cc1ncc(Cl)cc1Cl.Cl. The molecule has 1 amide bonds. The normalized spacial score (nSPS) is 10.9. The number of rotatable bonds is 6. The molecule has 0 radical (unpaired) electrons. The van der Waals surface area contributed by atoms with Crippen molar-refractivity contribution in [1.82, 2.24) is 19.9 Å². The third-order valence-corrected chi connectivity index (χ3v) is 4.94. The number of amides is 1. The maximum absolute atomic E-state index is 12.4. The highest BCUT2D eigenvalue weighted by Crippen LogP contribution is 2.22. The third kappa shape index (κ3) is 4.92. The maximum Gasteiger partial charge on any atom is 0.251 e. The molecule has 0 bridgehead atoms. The number of carbonyl (C=O) groups excluding carboxylic acids is 1. The minimum Gasteiger partial charge on any atom is -0.349 e. The molecule has 1 N–H and O–H groups in total. The highest BCUT2D eigenvalue weighted by atomic mass is 35.5. The van der Waals surface area contributed by atoms with E-state index in [4.69, 9.17) is 23.2 Å². The number of aromatic nitrogens is 3. The number of benzene rings is 1. The largest absolute Gasteiger partial charge is 0.349 e. The van der Waals surface area contributed by atoms with Crippen molar-refractivity contribution >= 4 is 52.5 Å². The summed E-state index contributed by atoms with van der Waals surface area (Å²) in [7, 11) is 0. The first-order valence-electron chi connectivity index (χ1n) is 8.57. The van der Waals surface area contributed by atoms with E-state index in [9.17, 15) is 4.79 Å². The second-order valence-corrected chi connectivity index (χ2v) is 6.99. The predicted molar refractivity (Wildman–Crippen MR) is 112 cm³/mol. The summed E-state index contributed by atoms with van der Waals surface area (Å²) in [6.07, 6.45) is 5.12. The van der Waals surface area contributed by atoms with Crippen LogP contribution in [0.1, 0.15) is 42.7 Å². The van der Waals surface area contributed by atoms with Crippen LogP contribution in [-0.2, 0) is 6.54 Å². The summed E-state index contributed by atoms with van der Waals surface area (Å²) < 4.78 is 1.94. The Morgan fingerprint density at radius 3 is 2.59 bits per heavy atom. The number of fused-ring (bicyclic) bond motifs is 1. The predicted octanol–water partition coefficient (Wildman–Crippen LogP) is 5.13. The van der Waals surface area contributed by atoms with Crippen molar-refractivity contribution < 1.29 is 4.79 Å². The third-order valence-electron chi connectivity index (χ3n) is 4.41. The molecule has 27 heavy (non-hydrogen) atoms. The molecule has 0 aliphatic rings. The Labute approximate surface area is 174 Å². The molecule has 0 unspecified atom stereocenters. The van der Waals surface area contributed by atoms with Crippen LogP contribution in [0.15, 0.2) is 36.8 Å². The number of imidazole rings is 1. The summed E-state index contributed by atoms with van der Waals surface area (Å²) in [5.74, 6) is -0.0717. The first kappa shape index (κ1) is 21.5. The molecule has 8 heteroatoms. The zero-order chi connectivity index (χ0) is 18.7. The Morgan fingerprint density at radius 1 is 1.19 bits per heavy atom. The van der Waals surface area contributed by atoms with Gasteiger partial charge in [-0.3, -0.25) is 9.78 Å². The van der Waals surface area contributed by atoms with Crippen molar-refractivity contribution in [3.05, 3.63) is 58.1 Å². The number of pyridine rings is 1. The number of hydrogen-bond acceptors (Lipinski definition) is 3. The lowest BCUT2D eigenvalue weighted by Crippen LogP contribution is -2.33. The molecular weight excluding hydrogens is 407 g/mol. The number of hydrogen-bond donors (Lipinski definition) is 1. The fourth-order valence-electron chi connectivity index (χ4n) is 2.81. The molecule has 1 aromatic carbocycles. The van der Waals surface area contributed by atoms with Crippen LogP contribution in [-0.4, -0.2) is 26.5 Å². The van der Waals surface area contributed by atoms with E-state index in [2.05, 4.69) is 29.1 Å². The maximum atomic E-state index is 12.4. The van der Waals surface area contributed by atoms with Crippen LogP contribution >= 0.6 is 35.6 Å². The van der Waals surface area contributed by atoms with E-state index >= 15 is 0 Å². The number of nitrogens with one attached hydrogen (secondary N) is 1. The highest BCUT2D eigenvalue weighted by Gasteiger charge is 2.13. The van der Waals surface area contributed by atoms with E-state index < -0.39 is 0 Å². The lowest BCUT2D eigenvalue weighted by Gasteiger charge is -2.14. The first-order chi connectivity index (χ1) is 12.5. The Kier molecular flexibility index (Phi) is 7.48. The van der Waals surface area contributed by atoms with E-state index in [-0.39, 0.29) is 24.4 Å². The summed E-state index contributed by atoms with van der Waals surface area (Å²) >= 11 is 12.1. The number of nitrogens with zero attached hydrogens (tertiary/aromatic N) is 3. The highest BCUT2D eigenvalue weighted by molar-refractivity contribution is 6.34. The van der Waals surface area contributed by atoms with Crippen molar-refractivity contribution in [2.24, 2.45) is 0 Å². The molecule has 0 saturated heterocycles. The second kappa shape index (κ2) is 9.40. The average Bonchev–Trinajstić information content (AvgIpc) is 3.04. The average molecular weight is 428 g/mol. The van der Waals surface area contributed by atoms with Gasteiger partial charge in [0, 0.05) is 17.8 Å². The molecule has 0 saturated carbocycles. The summed E-state index contributed by atoms with van der Waals surface area (Å²) in [6, 6.07) is 7.38. The topological polar surface area (TPSA) is 59.8 Å². The van der Waals surface area contributed by atoms with E-state index in [1.165, 1.54) is 0 Å². The Hall–Kier alpha value is -1.82. The van der Waals surface area contributed by atoms with Gasteiger partial charge in [0.25, 0.3) is 5.91 Å². The van der Waals surface area contributed by atoms with E-state index in [1.807, 2.05) is 16.7 Å². The van der Waals surface area contributed by atoms with Crippen molar-refractivity contribution in [3.8, 4) is 0 Å². The van der Waals surface area contributed by atoms with Crippen LogP contribution in [0.2, 0.25) is 10.0 Å². The van der Waals surface area contributed by atoms with Gasteiger partial charge in [0.1, 0.15) is 0 Å². The molecule has 2 aromatic heterocycles. The summed E-state index contributed by atoms with van der Waals surface area (Å²) in [5, 5.41) is 4.06. The van der Waals surface area contributed by atoms with Crippen LogP contribution < -0.4 is 5.32 Å². The fraction of sp³-hybridized carbons (Fsp3) is 0.316. The molecule has 144 valence electrons. The van der Waals surface area contributed by atoms with E-state index in [0.717, 1.165) is 23.9 Å². The molecule has 3 rings (SSSR count). The van der Waals surface area contributed by atoms with Crippen molar-refractivity contribution in [2.45, 2.75) is 39.3 Å². The molecular formula is C19H21Cl3N4O. The second-order valence-electron chi connectivity index (χ2n) is 6.14. The molecule has 0 atom stereocenters. The lowest BCUT2D eigenvalue weighted by atomic mass is 10.1. The van der Waals surface area contributed by atoms with Gasteiger partial charge in [-0.2, -0.15) is 0 Å². The zero-order valence-corrected chi connectivity index (χ0v) is 17.4. The van der Waals surface area contributed by atoms with Gasteiger partial charge in [0.05, 0.1) is 39.6 Å². The molecule has 0 aliphatic carbocycles. The zero-order valence-electron chi connectivity index (χ0n) is 15.1. The number of carbonyl (C=O) groups is 1. The van der Waals surface area contributed by atoms with Crippen molar-refractivity contribution in [1.29, 1.82) is 0 Å². The minimum atomic E-state index is -0.0717. The first-order valence-corrected chi connectivity index (χ1v) is 9.33. The van der Waals surface area contributed by atoms with Gasteiger partial charge in [0.2, 0.25) is 0 Å². The molecule has 3 aromatic rings. The smallest absolute Gasteiger partial charge is 0.251 e. The van der Waals surface area contributed by atoms with Gasteiger partial charge < -0.3 is 9.88 Å². The van der Waals surface area contributed by atoms with Crippen LogP contribution in [0.5, 0.6) is 0 Å². The molecule has 2 heterocycles. The summed E-state index contributed by atoms with van der Waals surface area (Å²) in [6.45, 7) is 4.61. The van der Waals surface area contributed by atoms with Gasteiger partial charge >= 0.3 is 0 Å². The van der Waals surface area contributed by atoms with Gasteiger partial charge in [-0.05, 0) is 37.1 Å². The number of halogens is 3. The summed E-state index contributed by atoms with van der Waals surface area (Å²) in [4.78, 5) is 21.1. The lowest BCUT2D eigenvalue weighted by molar-refractivity contribution is 0.0935. The minimum absolute atomic E-state index is 0. The summed E-state index contributed by atoms with van der Waals surface area (Å²) in [5.41, 5.74) is 2.99. The Balaban J connectivity index is 0.00000261. The van der Waals surface area contributed by atoms with Gasteiger partial charge in [-0.25, -0.2) is 4.98 Å². The van der Waals surface area contributed by atoms with Crippen LogP contribution in [0.3, 0.4) is 0 Å². The Bertz CT molecular complexity index is 938. The van der Waals surface area contributed by atoms with Gasteiger partial charge in [-0.15, -0.1) is 12.4 Å². The van der Waals surface area contributed by atoms with Crippen LogP contribution in [0.25, 0.3) is 11.0 Å². The molecule has 0 spiro atoms. The van der Waals surface area contributed by atoms with Crippen molar-refractivity contribution in [2.75, 3.05) is 0 Å².